The van der Waals surface area contributed by atoms with Crippen molar-refractivity contribution < 1.29 is 15.0 Å². The number of aliphatic hydroxyl groups is 2. The van der Waals surface area contributed by atoms with Crippen LogP contribution < -0.4 is 5.32 Å². The fourth-order valence-electron chi connectivity index (χ4n) is 5.71. The van der Waals surface area contributed by atoms with Gasteiger partial charge in [-0.1, -0.05) is 189 Å². The summed E-state index contributed by atoms with van der Waals surface area (Å²) in [6, 6.07) is -0.634. The van der Waals surface area contributed by atoms with Gasteiger partial charge in [0.15, 0.2) is 0 Å². The van der Waals surface area contributed by atoms with Crippen molar-refractivity contribution in [3.63, 3.8) is 0 Å². The van der Waals surface area contributed by atoms with E-state index in [1.807, 2.05) is 6.08 Å². The molecule has 0 heterocycles. The first-order valence-corrected chi connectivity index (χ1v) is 20.8. The van der Waals surface area contributed by atoms with Gasteiger partial charge in [-0.2, -0.15) is 0 Å². The smallest absolute Gasteiger partial charge is 0.220 e. The highest BCUT2D eigenvalue weighted by molar-refractivity contribution is 5.76. The van der Waals surface area contributed by atoms with Crippen LogP contribution in [0.1, 0.15) is 181 Å². The van der Waals surface area contributed by atoms with E-state index < -0.39 is 12.1 Å². The van der Waals surface area contributed by atoms with Gasteiger partial charge in [0, 0.05) is 6.42 Å². The van der Waals surface area contributed by atoms with Crippen molar-refractivity contribution >= 4 is 5.91 Å². The van der Waals surface area contributed by atoms with Gasteiger partial charge in [0.1, 0.15) is 0 Å². The molecule has 4 heteroatoms. The van der Waals surface area contributed by atoms with E-state index >= 15 is 0 Å². The van der Waals surface area contributed by atoms with Crippen LogP contribution in [0.25, 0.3) is 0 Å². The number of amides is 1. The van der Waals surface area contributed by atoms with Gasteiger partial charge < -0.3 is 15.5 Å². The van der Waals surface area contributed by atoms with E-state index in [2.05, 4.69) is 92.1 Å². The van der Waals surface area contributed by atoms with Crippen LogP contribution in [0.4, 0.5) is 0 Å². The van der Waals surface area contributed by atoms with Crippen molar-refractivity contribution in [2.24, 2.45) is 0 Å². The Morgan fingerprint density at radius 2 is 0.880 bits per heavy atom. The summed E-state index contributed by atoms with van der Waals surface area (Å²) in [6.45, 7) is 4.17. The van der Waals surface area contributed by atoms with Gasteiger partial charge in [-0.05, 0) is 70.6 Å². The molecule has 286 valence electrons. The van der Waals surface area contributed by atoms with Crippen molar-refractivity contribution in [2.75, 3.05) is 6.61 Å². The molecular formula is C46H79NO3. The molecule has 50 heavy (non-hydrogen) atoms. The van der Waals surface area contributed by atoms with E-state index in [4.69, 9.17) is 0 Å². The average Bonchev–Trinajstić information content (AvgIpc) is 3.12. The average molecular weight is 694 g/mol. The molecule has 3 N–H and O–H groups in total. The second-order valence-corrected chi connectivity index (χ2v) is 13.7. The fourth-order valence-corrected chi connectivity index (χ4v) is 5.71. The zero-order valence-electron chi connectivity index (χ0n) is 32.6. The molecule has 2 atom stereocenters. The summed E-state index contributed by atoms with van der Waals surface area (Å²) in [4.78, 5) is 12.4. The predicted octanol–water partition coefficient (Wildman–Crippen LogP) is 12.9. The molecule has 0 aromatic rings. The normalized spacial score (nSPS) is 13.9. The van der Waals surface area contributed by atoms with E-state index in [1.54, 1.807) is 6.08 Å². The second kappa shape index (κ2) is 41.0. The first-order valence-electron chi connectivity index (χ1n) is 20.8. The lowest BCUT2D eigenvalue weighted by atomic mass is 10.0. The number of unbranched alkanes of at least 4 members (excludes halogenated alkanes) is 17. The second-order valence-electron chi connectivity index (χ2n) is 13.7. The van der Waals surface area contributed by atoms with Gasteiger partial charge in [0.05, 0.1) is 18.8 Å². The van der Waals surface area contributed by atoms with Crippen LogP contribution in [-0.2, 0) is 4.79 Å². The van der Waals surface area contributed by atoms with Crippen molar-refractivity contribution in [3.05, 3.63) is 85.1 Å². The number of hydrogen-bond donors (Lipinski definition) is 3. The minimum atomic E-state index is -0.849. The lowest BCUT2D eigenvalue weighted by Gasteiger charge is -2.20. The lowest BCUT2D eigenvalue weighted by Crippen LogP contribution is -2.45. The number of nitrogens with one attached hydrogen (secondary N) is 1. The molecule has 0 radical (unpaired) electrons. The van der Waals surface area contributed by atoms with Crippen LogP contribution >= 0.6 is 0 Å². The molecule has 4 nitrogen and oxygen atoms in total. The molecular weight excluding hydrogens is 615 g/mol. The Balaban J connectivity index is 3.68. The Bertz CT molecular complexity index is 926. The molecule has 0 aromatic carbocycles. The fraction of sp³-hybridized carbons (Fsp3) is 0.674. The minimum Gasteiger partial charge on any atom is -0.394 e. The molecule has 0 aliphatic carbocycles. The SMILES string of the molecule is CC/C=C\C/C=C\C/C=C\C/C=C\C/C=C\C/C=C\CCCCCCCCC(=O)NC(CO)C(O)/C=C/CCCCCCCCCCCCC. The summed E-state index contributed by atoms with van der Waals surface area (Å²) in [7, 11) is 0. The highest BCUT2D eigenvalue weighted by Crippen LogP contribution is 2.13. The van der Waals surface area contributed by atoms with Crippen LogP contribution in [0, 0.1) is 0 Å². The van der Waals surface area contributed by atoms with Gasteiger partial charge in [-0.15, -0.1) is 0 Å². The first-order chi connectivity index (χ1) is 24.7. The highest BCUT2D eigenvalue weighted by atomic mass is 16.3. The van der Waals surface area contributed by atoms with Crippen LogP contribution in [0.3, 0.4) is 0 Å². The van der Waals surface area contributed by atoms with E-state index in [0.29, 0.717) is 6.42 Å². The summed E-state index contributed by atoms with van der Waals surface area (Å²) in [6.07, 6.45) is 59.6. The first kappa shape index (κ1) is 47.6. The summed E-state index contributed by atoms with van der Waals surface area (Å²) in [5.41, 5.74) is 0. The Morgan fingerprint density at radius 1 is 0.500 bits per heavy atom. The topological polar surface area (TPSA) is 69.6 Å². The number of carbonyl (C=O) groups excluding carboxylic acids is 1. The van der Waals surface area contributed by atoms with Crippen molar-refractivity contribution in [1.29, 1.82) is 0 Å². The minimum absolute atomic E-state index is 0.0838. The van der Waals surface area contributed by atoms with Crippen LogP contribution in [-0.4, -0.2) is 34.9 Å². The van der Waals surface area contributed by atoms with Crippen molar-refractivity contribution in [3.8, 4) is 0 Å². The van der Waals surface area contributed by atoms with Crippen molar-refractivity contribution in [2.45, 2.75) is 193 Å². The van der Waals surface area contributed by atoms with Gasteiger partial charge in [0.25, 0.3) is 0 Å². The van der Waals surface area contributed by atoms with Gasteiger partial charge in [-0.25, -0.2) is 0 Å². The van der Waals surface area contributed by atoms with E-state index in [-0.39, 0.29) is 12.5 Å². The maximum atomic E-state index is 12.4. The third-order valence-electron chi connectivity index (χ3n) is 8.88. The number of allylic oxidation sites excluding steroid dienone is 13. The maximum Gasteiger partial charge on any atom is 0.220 e. The standard InChI is InChI=1S/C46H79NO3/c1-3-5-7-9-11-13-15-17-18-19-20-21-22-23-24-25-26-27-28-30-32-34-36-38-40-42-46(50)47-44(43-48)45(49)41-39-37-35-33-31-29-16-14-12-10-8-6-4-2/h5,7,11,13,17-18,20-21,23-24,26-27,39,41,44-45,48-49H,3-4,6,8-10,12,14-16,19,22,25,28-38,40,42-43H2,1-2H3,(H,47,50)/b7-5-,13-11-,18-17-,21-20-,24-23-,27-26-,41-39+. The molecule has 0 aliphatic heterocycles. The summed E-state index contributed by atoms with van der Waals surface area (Å²) in [5.74, 6) is -0.0838. The van der Waals surface area contributed by atoms with Gasteiger partial charge in [0.2, 0.25) is 5.91 Å². The third kappa shape index (κ3) is 36.8. The van der Waals surface area contributed by atoms with Crippen LogP contribution in [0.2, 0.25) is 0 Å². The molecule has 0 aromatic heterocycles. The Labute approximate surface area is 310 Å². The number of carbonyl (C=O) groups is 1. The molecule has 0 aliphatic rings. The molecule has 1 amide bonds. The molecule has 2 unspecified atom stereocenters. The predicted molar refractivity (Wildman–Crippen MR) is 220 cm³/mol. The van der Waals surface area contributed by atoms with Gasteiger partial charge >= 0.3 is 0 Å². The molecule has 0 fully saturated rings. The summed E-state index contributed by atoms with van der Waals surface area (Å²) < 4.78 is 0. The maximum absolute atomic E-state index is 12.4. The molecule has 0 spiro atoms. The quantitative estimate of drug-likeness (QED) is 0.0452. The number of hydrogen-bond acceptors (Lipinski definition) is 3. The zero-order valence-corrected chi connectivity index (χ0v) is 32.6. The zero-order chi connectivity index (χ0) is 36.4. The van der Waals surface area contributed by atoms with Crippen molar-refractivity contribution in [1.82, 2.24) is 5.32 Å². The molecule has 0 bridgehead atoms. The Kier molecular flexibility index (Phi) is 39.0. The lowest BCUT2D eigenvalue weighted by molar-refractivity contribution is -0.123. The largest absolute Gasteiger partial charge is 0.394 e. The van der Waals surface area contributed by atoms with E-state index in [1.165, 1.54) is 83.5 Å². The molecule has 0 saturated carbocycles. The summed E-state index contributed by atoms with van der Waals surface area (Å²) >= 11 is 0. The molecule has 0 saturated heterocycles. The monoisotopic (exact) mass is 694 g/mol. The van der Waals surface area contributed by atoms with Crippen LogP contribution in [0.5, 0.6) is 0 Å². The highest BCUT2D eigenvalue weighted by Gasteiger charge is 2.17. The number of aliphatic hydroxyl groups excluding tert-OH is 2. The van der Waals surface area contributed by atoms with E-state index in [0.717, 1.165) is 77.0 Å². The summed E-state index contributed by atoms with van der Waals surface area (Å²) in [5, 5.41) is 22.9. The number of rotatable bonds is 36. The van der Waals surface area contributed by atoms with E-state index in [9.17, 15) is 15.0 Å². The third-order valence-corrected chi connectivity index (χ3v) is 8.88. The Morgan fingerprint density at radius 3 is 1.32 bits per heavy atom. The molecule has 0 rings (SSSR count). The van der Waals surface area contributed by atoms with Crippen LogP contribution in [0.15, 0.2) is 85.1 Å². The Hall–Kier alpha value is -2.43. The van der Waals surface area contributed by atoms with Gasteiger partial charge in [-0.3, -0.25) is 4.79 Å².